The van der Waals surface area contributed by atoms with Crippen LogP contribution < -0.4 is 11.1 Å². The number of aryl methyl sites for hydroxylation is 2. The van der Waals surface area contributed by atoms with E-state index in [0.717, 1.165) is 16.9 Å². The Morgan fingerprint density at radius 3 is 2.70 bits per heavy atom. The van der Waals surface area contributed by atoms with E-state index in [-0.39, 0.29) is 5.91 Å². The third-order valence-corrected chi connectivity index (χ3v) is 3.27. The molecule has 1 aromatic heterocycles. The summed E-state index contributed by atoms with van der Waals surface area (Å²) in [6.07, 6.45) is 1.65. The van der Waals surface area contributed by atoms with E-state index in [2.05, 4.69) is 28.6 Å². The summed E-state index contributed by atoms with van der Waals surface area (Å²) in [5.74, 6) is -0.214. The highest BCUT2D eigenvalue weighted by Gasteiger charge is 2.14. The van der Waals surface area contributed by atoms with Gasteiger partial charge in [0.2, 0.25) is 5.91 Å². The molecular formula is C15H20N4O. The Bertz CT molecular complexity index is 643. The smallest absolute Gasteiger partial charge is 0.241 e. The van der Waals surface area contributed by atoms with Gasteiger partial charge in [0.1, 0.15) is 0 Å². The van der Waals surface area contributed by atoms with Gasteiger partial charge in [-0.25, -0.2) is 4.68 Å². The number of nitrogens with two attached hydrogens (primary N) is 1. The number of nitrogens with zero attached hydrogens (tertiary/aromatic N) is 2. The highest BCUT2D eigenvalue weighted by molar-refractivity contribution is 5.94. The number of carbonyl (C=O) groups is 1. The molecule has 0 radical (unpaired) electrons. The maximum atomic E-state index is 11.7. The first-order valence-corrected chi connectivity index (χ1v) is 6.59. The van der Waals surface area contributed by atoms with Crippen LogP contribution in [-0.4, -0.2) is 21.7 Å². The number of hydrogen-bond acceptors (Lipinski definition) is 3. The summed E-state index contributed by atoms with van der Waals surface area (Å²) in [5.41, 5.74) is 10.4. The largest absolute Gasteiger partial charge is 0.322 e. The summed E-state index contributed by atoms with van der Waals surface area (Å²) in [7, 11) is 0. The standard InChI is InChI=1S/C15H20N4O/c1-9-5-6-10(2)14(7-9)19-12(4)13(8-17-19)18-15(20)11(3)16/h5-8,11H,16H2,1-4H3,(H,18,20). The zero-order valence-corrected chi connectivity index (χ0v) is 12.3. The summed E-state index contributed by atoms with van der Waals surface area (Å²) < 4.78 is 1.83. The van der Waals surface area contributed by atoms with Crippen molar-refractivity contribution < 1.29 is 4.79 Å². The first-order chi connectivity index (χ1) is 9.40. The zero-order valence-electron chi connectivity index (χ0n) is 12.3. The van der Waals surface area contributed by atoms with Crippen molar-refractivity contribution in [2.75, 3.05) is 5.32 Å². The van der Waals surface area contributed by atoms with Gasteiger partial charge in [0.25, 0.3) is 0 Å². The van der Waals surface area contributed by atoms with Crippen molar-refractivity contribution in [2.24, 2.45) is 5.73 Å². The third kappa shape index (κ3) is 2.72. The monoisotopic (exact) mass is 272 g/mol. The quantitative estimate of drug-likeness (QED) is 0.898. The molecule has 0 spiro atoms. The molecule has 5 nitrogen and oxygen atoms in total. The Morgan fingerprint density at radius 2 is 2.05 bits per heavy atom. The van der Waals surface area contributed by atoms with Crippen LogP contribution in [-0.2, 0) is 4.79 Å². The highest BCUT2D eigenvalue weighted by Crippen LogP contribution is 2.21. The van der Waals surface area contributed by atoms with E-state index in [1.165, 1.54) is 5.56 Å². The van der Waals surface area contributed by atoms with Gasteiger partial charge in [0.05, 0.1) is 29.3 Å². The summed E-state index contributed by atoms with van der Waals surface area (Å²) in [4.78, 5) is 11.7. The maximum Gasteiger partial charge on any atom is 0.241 e. The molecule has 2 rings (SSSR count). The Balaban J connectivity index is 2.38. The fourth-order valence-electron chi connectivity index (χ4n) is 1.97. The van der Waals surface area contributed by atoms with E-state index in [1.54, 1.807) is 13.1 Å². The molecule has 5 heteroatoms. The minimum Gasteiger partial charge on any atom is -0.322 e. The van der Waals surface area contributed by atoms with Crippen molar-refractivity contribution in [1.82, 2.24) is 9.78 Å². The van der Waals surface area contributed by atoms with E-state index >= 15 is 0 Å². The lowest BCUT2D eigenvalue weighted by Gasteiger charge is -2.11. The molecule has 0 aliphatic carbocycles. The Hall–Kier alpha value is -2.14. The van der Waals surface area contributed by atoms with Gasteiger partial charge in [-0.3, -0.25) is 4.79 Å². The van der Waals surface area contributed by atoms with Crippen molar-refractivity contribution in [2.45, 2.75) is 33.7 Å². The van der Waals surface area contributed by atoms with Crippen molar-refractivity contribution in [1.29, 1.82) is 0 Å². The van der Waals surface area contributed by atoms with Crippen LogP contribution in [0, 0.1) is 20.8 Å². The molecule has 0 aliphatic heterocycles. The summed E-state index contributed by atoms with van der Waals surface area (Å²) >= 11 is 0. The third-order valence-electron chi connectivity index (χ3n) is 3.27. The van der Waals surface area contributed by atoms with Crippen molar-refractivity contribution in [3.05, 3.63) is 41.2 Å². The second-order valence-electron chi connectivity index (χ2n) is 5.12. The molecule has 1 heterocycles. The zero-order chi connectivity index (χ0) is 14.9. The number of carbonyl (C=O) groups excluding carboxylic acids is 1. The summed E-state index contributed by atoms with van der Waals surface area (Å²) in [6.45, 7) is 7.65. The van der Waals surface area contributed by atoms with Crippen LogP contribution in [0.15, 0.2) is 24.4 Å². The van der Waals surface area contributed by atoms with Gasteiger partial charge in [0, 0.05) is 0 Å². The van der Waals surface area contributed by atoms with E-state index in [1.807, 2.05) is 25.5 Å². The Morgan fingerprint density at radius 1 is 1.35 bits per heavy atom. The van der Waals surface area contributed by atoms with Gasteiger partial charge in [-0.15, -0.1) is 0 Å². The van der Waals surface area contributed by atoms with Crippen LogP contribution in [0.1, 0.15) is 23.7 Å². The Labute approximate surface area is 118 Å². The van der Waals surface area contributed by atoms with Gasteiger partial charge < -0.3 is 11.1 Å². The van der Waals surface area contributed by atoms with Gasteiger partial charge in [0.15, 0.2) is 0 Å². The molecule has 3 N–H and O–H groups in total. The molecular weight excluding hydrogens is 252 g/mol. The molecule has 0 fully saturated rings. The van der Waals surface area contributed by atoms with Crippen LogP contribution in [0.3, 0.4) is 0 Å². The molecule has 2 aromatic rings. The number of anilines is 1. The predicted octanol–water partition coefficient (Wildman–Crippen LogP) is 2.08. The van der Waals surface area contributed by atoms with E-state index in [0.29, 0.717) is 5.69 Å². The predicted molar refractivity (Wildman–Crippen MR) is 80.1 cm³/mol. The van der Waals surface area contributed by atoms with Crippen LogP contribution in [0.2, 0.25) is 0 Å². The molecule has 0 saturated heterocycles. The van der Waals surface area contributed by atoms with E-state index in [9.17, 15) is 4.79 Å². The minimum atomic E-state index is -0.543. The molecule has 0 aliphatic rings. The van der Waals surface area contributed by atoms with Crippen molar-refractivity contribution in [3.8, 4) is 5.69 Å². The van der Waals surface area contributed by atoms with Crippen LogP contribution in [0.25, 0.3) is 5.69 Å². The number of rotatable bonds is 3. The molecule has 0 bridgehead atoms. The average Bonchev–Trinajstić information content (AvgIpc) is 2.74. The van der Waals surface area contributed by atoms with E-state index in [4.69, 9.17) is 5.73 Å². The molecule has 106 valence electrons. The number of benzene rings is 1. The maximum absolute atomic E-state index is 11.7. The first kappa shape index (κ1) is 14.3. The van der Waals surface area contributed by atoms with Crippen LogP contribution in [0.5, 0.6) is 0 Å². The lowest BCUT2D eigenvalue weighted by Crippen LogP contribution is -2.32. The average molecular weight is 272 g/mol. The fraction of sp³-hybridized carbons (Fsp3) is 0.333. The second kappa shape index (κ2) is 5.46. The van der Waals surface area contributed by atoms with Crippen molar-refractivity contribution in [3.63, 3.8) is 0 Å². The van der Waals surface area contributed by atoms with Gasteiger partial charge in [-0.2, -0.15) is 5.10 Å². The van der Waals surface area contributed by atoms with Crippen LogP contribution >= 0.6 is 0 Å². The number of amides is 1. The normalized spacial score (nSPS) is 12.2. The molecule has 1 unspecified atom stereocenters. The van der Waals surface area contributed by atoms with Crippen molar-refractivity contribution >= 4 is 11.6 Å². The molecule has 20 heavy (non-hydrogen) atoms. The summed E-state index contributed by atoms with van der Waals surface area (Å²) in [6, 6.07) is 5.66. The van der Waals surface area contributed by atoms with Gasteiger partial charge in [-0.05, 0) is 44.9 Å². The van der Waals surface area contributed by atoms with Crippen LogP contribution in [0.4, 0.5) is 5.69 Å². The number of nitrogens with one attached hydrogen (secondary N) is 1. The lowest BCUT2D eigenvalue weighted by molar-refractivity contribution is -0.117. The highest BCUT2D eigenvalue weighted by atomic mass is 16.2. The first-order valence-electron chi connectivity index (χ1n) is 6.59. The number of aromatic nitrogens is 2. The van der Waals surface area contributed by atoms with Gasteiger partial charge in [-0.1, -0.05) is 12.1 Å². The molecule has 0 saturated carbocycles. The molecule has 1 amide bonds. The topological polar surface area (TPSA) is 72.9 Å². The Kier molecular flexibility index (Phi) is 3.90. The number of hydrogen-bond donors (Lipinski definition) is 2. The summed E-state index contributed by atoms with van der Waals surface area (Å²) in [5, 5.41) is 7.15. The van der Waals surface area contributed by atoms with E-state index < -0.39 is 6.04 Å². The van der Waals surface area contributed by atoms with Gasteiger partial charge >= 0.3 is 0 Å². The minimum absolute atomic E-state index is 0.214. The molecule has 1 atom stereocenters. The second-order valence-corrected chi connectivity index (χ2v) is 5.12. The lowest BCUT2D eigenvalue weighted by atomic mass is 10.1. The SMILES string of the molecule is Cc1ccc(C)c(-n2ncc(NC(=O)C(C)N)c2C)c1. The fourth-order valence-corrected chi connectivity index (χ4v) is 1.97. The molecule has 1 aromatic carbocycles.